The van der Waals surface area contributed by atoms with Gasteiger partial charge in [0.05, 0.1) is 11.8 Å². The number of piperidine rings is 1. The minimum Gasteiger partial charge on any atom is -0.472 e. The van der Waals surface area contributed by atoms with E-state index in [4.69, 9.17) is 4.42 Å². The van der Waals surface area contributed by atoms with E-state index < -0.39 is 0 Å². The van der Waals surface area contributed by atoms with Gasteiger partial charge in [-0.3, -0.25) is 9.59 Å². The maximum Gasteiger partial charge on any atom is 0.257 e. The molecule has 0 unspecified atom stereocenters. The summed E-state index contributed by atoms with van der Waals surface area (Å²) in [6.07, 6.45) is 4.37. The lowest BCUT2D eigenvalue weighted by atomic mass is 9.95. The standard InChI is InChI=1S/C21H27N3O3/c1-22(2)19-6-4-16(5-7-19)14-23(3)20(25)17-8-11-24(12-9-17)21(26)18-10-13-27-15-18/h4-7,10,13,15,17H,8-9,11-12,14H2,1-3H3. The van der Waals surface area contributed by atoms with Gasteiger partial charge in [0.2, 0.25) is 5.91 Å². The van der Waals surface area contributed by atoms with E-state index in [0.29, 0.717) is 38.0 Å². The molecule has 1 saturated heterocycles. The van der Waals surface area contributed by atoms with Crippen molar-refractivity contribution in [3.8, 4) is 0 Å². The maximum absolute atomic E-state index is 12.8. The molecule has 0 radical (unpaired) electrons. The van der Waals surface area contributed by atoms with Gasteiger partial charge in [-0.25, -0.2) is 0 Å². The fourth-order valence-electron chi connectivity index (χ4n) is 3.46. The van der Waals surface area contributed by atoms with Crippen LogP contribution in [0.3, 0.4) is 0 Å². The molecule has 6 heteroatoms. The van der Waals surface area contributed by atoms with Crippen molar-refractivity contribution in [3.05, 3.63) is 54.0 Å². The molecular formula is C21H27N3O3. The van der Waals surface area contributed by atoms with Crippen molar-refractivity contribution >= 4 is 17.5 Å². The topological polar surface area (TPSA) is 57.0 Å². The molecule has 27 heavy (non-hydrogen) atoms. The number of benzene rings is 1. The number of rotatable bonds is 5. The van der Waals surface area contributed by atoms with E-state index in [9.17, 15) is 9.59 Å². The molecule has 2 amide bonds. The Morgan fingerprint density at radius 2 is 1.74 bits per heavy atom. The third-order valence-corrected chi connectivity index (χ3v) is 5.15. The number of anilines is 1. The van der Waals surface area contributed by atoms with Gasteiger partial charge in [0.1, 0.15) is 6.26 Å². The van der Waals surface area contributed by atoms with Gasteiger partial charge < -0.3 is 19.1 Å². The molecule has 2 heterocycles. The predicted molar refractivity (Wildman–Crippen MR) is 105 cm³/mol. The Bertz CT molecular complexity index is 760. The van der Waals surface area contributed by atoms with Crippen molar-refractivity contribution in [2.45, 2.75) is 19.4 Å². The third kappa shape index (κ3) is 4.51. The van der Waals surface area contributed by atoms with Crippen LogP contribution in [0.1, 0.15) is 28.8 Å². The van der Waals surface area contributed by atoms with E-state index in [2.05, 4.69) is 29.2 Å². The Morgan fingerprint density at radius 1 is 1.07 bits per heavy atom. The largest absolute Gasteiger partial charge is 0.472 e. The Morgan fingerprint density at radius 3 is 2.30 bits per heavy atom. The SMILES string of the molecule is CN(Cc1ccc(N(C)C)cc1)C(=O)C1CCN(C(=O)c2ccoc2)CC1. The highest BCUT2D eigenvalue weighted by atomic mass is 16.3. The van der Waals surface area contributed by atoms with Gasteiger partial charge in [-0.05, 0) is 36.6 Å². The monoisotopic (exact) mass is 369 g/mol. The van der Waals surface area contributed by atoms with Crippen LogP contribution in [0.5, 0.6) is 0 Å². The fraction of sp³-hybridized carbons (Fsp3) is 0.429. The molecule has 1 aliphatic heterocycles. The van der Waals surface area contributed by atoms with E-state index in [1.165, 1.54) is 12.5 Å². The molecule has 3 rings (SSSR count). The minimum absolute atomic E-state index is 0.0237. The number of carbonyl (C=O) groups excluding carboxylic acids is 2. The molecule has 1 aromatic heterocycles. The zero-order valence-corrected chi connectivity index (χ0v) is 16.2. The summed E-state index contributed by atoms with van der Waals surface area (Å²) in [5, 5.41) is 0. The Balaban J connectivity index is 1.51. The molecule has 2 aromatic rings. The van der Waals surface area contributed by atoms with Gasteiger partial charge in [-0.15, -0.1) is 0 Å². The first-order valence-electron chi connectivity index (χ1n) is 9.28. The van der Waals surface area contributed by atoms with E-state index in [-0.39, 0.29) is 17.7 Å². The lowest BCUT2D eigenvalue weighted by molar-refractivity contribution is -0.136. The highest BCUT2D eigenvalue weighted by molar-refractivity contribution is 5.94. The van der Waals surface area contributed by atoms with Crippen LogP contribution < -0.4 is 4.90 Å². The average molecular weight is 369 g/mol. The summed E-state index contributed by atoms with van der Waals surface area (Å²) in [6, 6.07) is 9.92. The average Bonchev–Trinajstić information content (AvgIpc) is 3.22. The van der Waals surface area contributed by atoms with Crippen LogP contribution in [-0.2, 0) is 11.3 Å². The molecule has 0 aliphatic carbocycles. The molecule has 1 aliphatic rings. The van der Waals surface area contributed by atoms with Crippen LogP contribution in [0.4, 0.5) is 5.69 Å². The van der Waals surface area contributed by atoms with Gasteiger partial charge in [0, 0.05) is 52.4 Å². The molecule has 0 bridgehead atoms. The first kappa shape index (κ1) is 19.0. The first-order valence-corrected chi connectivity index (χ1v) is 9.28. The smallest absolute Gasteiger partial charge is 0.257 e. The molecular weight excluding hydrogens is 342 g/mol. The highest BCUT2D eigenvalue weighted by Crippen LogP contribution is 2.22. The minimum atomic E-state index is -0.0241. The molecule has 6 nitrogen and oxygen atoms in total. The lowest BCUT2D eigenvalue weighted by Gasteiger charge is -2.33. The Hall–Kier alpha value is -2.76. The lowest BCUT2D eigenvalue weighted by Crippen LogP contribution is -2.43. The van der Waals surface area contributed by atoms with Crippen molar-refractivity contribution in [3.63, 3.8) is 0 Å². The number of amides is 2. The molecule has 144 valence electrons. The Kier molecular flexibility index (Phi) is 5.84. The summed E-state index contributed by atoms with van der Waals surface area (Å²) in [5.41, 5.74) is 2.82. The second kappa shape index (κ2) is 8.29. The van der Waals surface area contributed by atoms with E-state index >= 15 is 0 Å². The predicted octanol–water partition coefficient (Wildman–Crippen LogP) is 2.86. The van der Waals surface area contributed by atoms with Crippen LogP contribution in [0.2, 0.25) is 0 Å². The normalized spacial score (nSPS) is 14.9. The fourth-order valence-corrected chi connectivity index (χ4v) is 3.46. The van der Waals surface area contributed by atoms with Crippen LogP contribution >= 0.6 is 0 Å². The van der Waals surface area contributed by atoms with Crippen LogP contribution in [0.25, 0.3) is 0 Å². The van der Waals surface area contributed by atoms with Crippen LogP contribution in [-0.4, -0.2) is 55.8 Å². The quantitative estimate of drug-likeness (QED) is 0.813. The summed E-state index contributed by atoms with van der Waals surface area (Å²) in [6.45, 7) is 1.80. The van der Waals surface area contributed by atoms with Gasteiger partial charge >= 0.3 is 0 Å². The molecule has 0 atom stereocenters. The number of nitrogens with zero attached hydrogens (tertiary/aromatic N) is 3. The number of hydrogen-bond donors (Lipinski definition) is 0. The summed E-state index contributed by atoms with van der Waals surface area (Å²) in [7, 11) is 5.87. The Labute approximate surface area is 160 Å². The van der Waals surface area contributed by atoms with E-state index in [1.54, 1.807) is 15.9 Å². The summed E-state index contributed by atoms with van der Waals surface area (Å²) < 4.78 is 4.98. The van der Waals surface area contributed by atoms with Gasteiger partial charge in [-0.1, -0.05) is 12.1 Å². The highest BCUT2D eigenvalue weighted by Gasteiger charge is 2.29. The number of hydrogen-bond acceptors (Lipinski definition) is 4. The summed E-state index contributed by atoms with van der Waals surface area (Å²) in [4.78, 5) is 30.8. The summed E-state index contributed by atoms with van der Waals surface area (Å²) >= 11 is 0. The van der Waals surface area contributed by atoms with Gasteiger partial charge in [0.15, 0.2) is 0 Å². The molecule has 0 spiro atoms. The summed E-state index contributed by atoms with van der Waals surface area (Å²) in [5.74, 6) is 0.107. The van der Waals surface area contributed by atoms with Gasteiger partial charge in [0.25, 0.3) is 5.91 Å². The number of furan rings is 1. The van der Waals surface area contributed by atoms with Crippen molar-refractivity contribution in [1.82, 2.24) is 9.80 Å². The third-order valence-electron chi connectivity index (χ3n) is 5.15. The van der Waals surface area contributed by atoms with Crippen molar-refractivity contribution < 1.29 is 14.0 Å². The van der Waals surface area contributed by atoms with Crippen molar-refractivity contribution in [1.29, 1.82) is 0 Å². The first-order chi connectivity index (χ1) is 13.0. The van der Waals surface area contributed by atoms with Crippen molar-refractivity contribution in [2.75, 3.05) is 39.1 Å². The molecule has 1 aromatic carbocycles. The van der Waals surface area contributed by atoms with Crippen LogP contribution in [0.15, 0.2) is 47.3 Å². The molecule has 0 N–H and O–H groups in total. The zero-order valence-electron chi connectivity index (χ0n) is 16.2. The second-order valence-electron chi connectivity index (χ2n) is 7.33. The molecule has 1 fully saturated rings. The van der Waals surface area contributed by atoms with E-state index in [1.807, 2.05) is 21.1 Å². The maximum atomic E-state index is 12.8. The van der Waals surface area contributed by atoms with Crippen molar-refractivity contribution in [2.24, 2.45) is 5.92 Å². The van der Waals surface area contributed by atoms with Crippen LogP contribution in [0, 0.1) is 5.92 Å². The zero-order chi connectivity index (χ0) is 19.4. The number of likely N-dealkylation sites (tertiary alicyclic amines) is 1. The van der Waals surface area contributed by atoms with E-state index in [0.717, 1.165) is 11.3 Å². The number of carbonyl (C=O) groups is 2. The second-order valence-corrected chi connectivity index (χ2v) is 7.33. The van der Waals surface area contributed by atoms with Gasteiger partial charge in [-0.2, -0.15) is 0 Å². The molecule has 0 saturated carbocycles.